The van der Waals surface area contributed by atoms with Gasteiger partial charge in [-0.1, -0.05) is 25.1 Å². The lowest BCUT2D eigenvalue weighted by molar-refractivity contribution is -0.118. The van der Waals surface area contributed by atoms with Gasteiger partial charge in [-0.05, 0) is 50.1 Å². The zero-order valence-electron chi connectivity index (χ0n) is 17.1. The lowest BCUT2D eigenvalue weighted by Gasteiger charge is -2.13. The third-order valence-electron chi connectivity index (χ3n) is 4.69. The van der Waals surface area contributed by atoms with Crippen molar-refractivity contribution in [3.63, 3.8) is 0 Å². The van der Waals surface area contributed by atoms with Crippen LogP contribution >= 0.6 is 23.1 Å². The smallest absolute Gasteiger partial charge is 0.267 e. The van der Waals surface area contributed by atoms with Gasteiger partial charge in [0.25, 0.3) is 5.56 Å². The molecule has 29 heavy (non-hydrogen) atoms. The molecule has 2 aromatic heterocycles. The minimum atomic E-state index is -0.115. The Balaban J connectivity index is 2.02. The van der Waals surface area contributed by atoms with E-state index in [4.69, 9.17) is 9.72 Å². The summed E-state index contributed by atoms with van der Waals surface area (Å²) in [5.41, 5.74) is 1.54. The van der Waals surface area contributed by atoms with Gasteiger partial charge in [0.05, 0.1) is 23.9 Å². The highest BCUT2D eigenvalue weighted by Crippen LogP contribution is 2.29. The van der Waals surface area contributed by atoms with Crippen molar-refractivity contribution in [2.24, 2.45) is 0 Å². The molecule has 1 aromatic carbocycles. The maximum atomic E-state index is 13.4. The van der Waals surface area contributed by atoms with E-state index < -0.39 is 0 Å². The molecule has 1 N–H and O–H groups in total. The van der Waals surface area contributed by atoms with Crippen LogP contribution in [0.1, 0.15) is 30.2 Å². The summed E-state index contributed by atoms with van der Waals surface area (Å²) in [4.78, 5) is 32.1. The van der Waals surface area contributed by atoms with E-state index in [1.54, 1.807) is 11.7 Å². The Morgan fingerprint density at radius 2 is 2.00 bits per heavy atom. The number of carbonyl (C=O) groups excluding carboxylic acids is 1. The number of unbranched alkanes of at least 4 members (excludes halogenated alkanes) is 1. The third-order valence-corrected chi connectivity index (χ3v) is 6.73. The van der Waals surface area contributed by atoms with Crippen LogP contribution in [0.2, 0.25) is 0 Å². The van der Waals surface area contributed by atoms with Crippen molar-refractivity contribution in [2.75, 3.05) is 19.4 Å². The third kappa shape index (κ3) is 4.64. The first kappa shape index (κ1) is 21.4. The van der Waals surface area contributed by atoms with Gasteiger partial charge in [-0.25, -0.2) is 4.98 Å². The van der Waals surface area contributed by atoms with E-state index in [-0.39, 0.29) is 17.2 Å². The van der Waals surface area contributed by atoms with Crippen molar-refractivity contribution in [3.8, 4) is 11.4 Å². The highest BCUT2D eigenvalue weighted by atomic mass is 32.2. The van der Waals surface area contributed by atoms with Crippen molar-refractivity contribution >= 4 is 39.2 Å². The molecule has 2 heterocycles. The molecular formula is C21H25N3O3S2. The van der Waals surface area contributed by atoms with E-state index in [2.05, 4.69) is 12.2 Å². The number of thiophene rings is 1. The lowest BCUT2D eigenvalue weighted by atomic mass is 10.2. The molecule has 3 rings (SSSR count). The highest BCUT2D eigenvalue weighted by molar-refractivity contribution is 7.99. The second-order valence-electron chi connectivity index (χ2n) is 6.69. The number of carbonyl (C=O) groups is 1. The van der Waals surface area contributed by atoms with Crippen LogP contribution in [-0.4, -0.2) is 34.9 Å². The fourth-order valence-electron chi connectivity index (χ4n) is 2.92. The predicted molar refractivity (Wildman–Crippen MR) is 120 cm³/mol. The molecule has 0 radical (unpaired) electrons. The molecule has 8 heteroatoms. The number of fused-ring (bicyclic) bond motifs is 1. The second-order valence-corrected chi connectivity index (χ2v) is 8.83. The van der Waals surface area contributed by atoms with Crippen LogP contribution in [0.3, 0.4) is 0 Å². The van der Waals surface area contributed by atoms with Gasteiger partial charge in [0.15, 0.2) is 5.16 Å². The van der Waals surface area contributed by atoms with Gasteiger partial charge in [0.1, 0.15) is 10.6 Å². The molecule has 1 amide bonds. The van der Waals surface area contributed by atoms with Gasteiger partial charge in [-0.3, -0.25) is 14.2 Å². The molecule has 0 spiro atoms. The second kappa shape index (κ2) is 9.45. The Kier molecular flexibility index (Phi) is 6.97. The molecule has 0 aliphatic heterocycles. The van der Waals surface area contributed by atoms with E-state index in [9.17, 15) is 9.59 Å². The number of aromatic nitrogens is 2. The Labute approximate surface area is 178 Å². The Hall–Kier alpha value is -2.32. The molecule has 0 bridgehead atoms. The summed E-state index contributed by atoms with van der Waals surface area (Å²) in [6.45, 7) is 6.69. The number of amides is 1. The minimum absolute atomic E-state index is 0.0578. The Morgan fingerprint density at radius 1 is 1.28 bits per heavy atom. The number of aryl methyl sites for hydroxylation is 2. The van der Waals surface area contributed by atoms with Crippen molar-refractivity contribution in [1.29, 1.82) is 0 Å². The molecule has 6 nitrogen and oxygen atoms in total. The number of ether oxygens (including phenoxy) is 1. The molecule has 0 saturated heterocycles. The van der Waals surface area contributed by atoms with E-state index in [0.717, 1.165) is 23.3 Å². The SMILES string of the molecule is CCCCNC(=O)CSc1nc2sc(C)c(C)c2c(=O)n1-c1ccc(OC)cc1. The molecule has 0 saturated carbocycles. The van der Waals surface area contributed by atoms with Gasteiger partial charge in [-0.15, -0.1) is 11.3 Å². The van der Waals surface area contributed by atoms with Crippen molar-refractivity contribution in [2.45, 2.75) is 38.8 Å². The maximum absolute atomic E-state index is 13.4. The average Bonchev–Trinajstić information content (AvgIpc) is 3.00. The van der Waals surface area contributed by atoms with Gasteiger partial charge in [0, 0.05) is 11.4 Å². The molecule has 0 fully saturated rings. The van der Waals surface area contributed by atoms with Crippen LogP contribution in [0, 0.1) is 13.8 Å². The molecule has 0 aliphatic rings. The minimum Gasteiger partial charge on any atom is -0.497 e. The number of methoxy groups -OCH3 is 1. The molecule has 154 valence electrons. The summed E-state index contributed by atoms with van der Waals surface area (Å²) >= 11 is 2.79. The Bertz CT molecular complexity index is 1070. The Morgan fingerprint density at radius 3 is 2.66 bits per heavy atom. The number of nitrogens with one attached hydrogen (secondary N) is 1. The zero-order chi connectivity index (χ0) is 21.0. The summed E-state index contributed by atoms with van der Waals surface area (Å²) in [6.07, 6.45) is 1.98. The van der Waals surface area contributed by atoms with E-state index in [0.29, 0.717) is 33.4 Å². The van der Waals surface area contributed by atoms with Crippen molar-refractivity contribution in [3.05, 3.63) is 45.1 Å². The van der Waals surface area contributed by atoms with Crippen LogP contribution in [-0.2, 0) is 4.79 Å². The van der Waals surface area contributed by atoms with Crippen LogP contribution in [0.4, 0.5) is 0 Å². The fraction of sp³-hybridized carbons (Fsp3) is 0.381. The largest absolute Gasteiger partial charge is 0.497 e. The van der Waals surface area contributed by atoms with Crippen LogP contribution in [0.15, 0.2) is 34.2 Å². The standard InChI is InChI=1S/C21H25N3O3S2/c1-5-6-11-22-17(25)12-28-21-23-19-18(13(2)14(3)29-19)20(26)24(21)15-7-9-16(27-4)10-8-15/h7-10H,5-6,11-12H2,1-4H3,(H,22,25). The zero-order valence-corrected chi connectivity index (χ0v) is 18.7. The van der Waals surface area contributed by atoms with Gasteiger partial charge in [-0.2, -0.15) is 0 Å². The normalized spacial score (nSPS) is 11.0. The highest BCUT2D eigenvalue weighted by Gasteiger charge is 2.18. The quantitative estimate of drug-likeness (QED) is 0.330. The number of benzene rings is 1. The topological polar surface area (TPSA) is 73.2 Å². The van der Waals surface area contributed by atoms with Crippen molar-refractivity contribution < 1.29 is 9.53 Å². The number of hydrogen-bond acceptors (Lipinski definition) is 6. The lowest BCUT2D eigenvalue weighted by Crippen LogP contribution is -2.27. The molecule has 0 unspecified atom stereocenters. The van der Waals surface area contributed by atoms with Gasteiger partial charge in [0.2, 0.25) is 5.91 Å². The first-order chi connectivity index (χ1) is 14.0. The summed E-state index contributed by atoms with van der Waals surface area (Å²) in [7, 11) is 1.60. The predicted octanol–water partition coefficient (Wildman–Crippen LogP) is 4.08. The van der Waals surface area contributed by atoms with Crippen LogP contribution in [0.25, 0.3) is 15.9 Å². The van der Waals surface area contributed by atoms with Crippen LogP contribution < -0.4 is 15.6 Å². The van der Waals surface area contributed by atoms with Gasteiger partial charge < -0.3 is 10.1 Å². The maximum Gasteiger partial charge on any atom is 0.267 e. The molecule has 0 atom stereocenters. The number of thioether (sulfide) groups is 1. The number of nitrogens with zero attached hydrogens (tertiary/aromatic N) is 2. The van der Waals surface area contributed by atoms with Crippen LogP contribution in [0.5, 0.6) is 5.75 Å². The van der Waals surface area contributed by atoms with Crippen molar-refractivity contribution in [1.82, 2.24) is 14.9 Å². The number of rotatable bonds is 8. The first-order valence-corrected chi connectivity index (χ1v) is 11.3. The van der Waals surface area contributed by atoms with Gasteiger partial charge >= 0.3 is 0 Å². The molecule has 3 aromatic rings. The molecule has 0 aliphatic carbocycles. The van der Waals surface area contributed by atoms with E-state index in [1.165, 1.54) is 23.1 Å². The molecular weight excluding hydrogens is 406 g/mol. The average molecular weight is 432 g/mol. The first-order valence-electron chi connectivity index (χ1n) is 9.53. The van der Waals surface area contributed by atoms with E-state index >= 15 is 0 Å². The van der Waals surface area contributed by atoms with E-state index in [1.807, 2.05) is 38.1 Å². The summed E-state index contributed by atoms with van der Waals surface area (Å²) < 4.78 is 6.81. The monoisotopic (exact) mass is 431 g/mol. The summed E-state index contributed by atoms with van der Waals surface area (Å²) in [5, 5.41) is 4.06. The number of hydrogen-bond donors (Lipinski definition) is 1. The summed E-state index contributed by atoms with van der Waals surface area (Å²) in [5.74, 6) is 0.863. The fourth-order valence-corrected chi connectivity index (χ4v) is 4.83. The summed E-state index contributed by atoms with van der Waals surface area (Å²) in [6, 6.07) is 7.27.